The van der Waals surface area contributed by atoms with Gasteiger partial charge in [-0.3, -0.25) is 10.1 Å². The van der Waals surface area contributed by atoms with E-state index in [4.69, 9.17) is 0 Å². The van der Waals surface area contributed by atoms with Gasteiger partial charge in [0.15, 0.2) is 0 Å². The molecule has 0 saturated heterocycles. The predicted molar refractivity (Wildman–Crippen MR) is 83.4 cm³/mol. The highest BCUT2D eigenvalue weighted by Crippen LogP contribution is 2.25. The first kappa shape index (κ1) is 15.2. The van der Waals surface area contributed by atoms with Gasteiger partial charge in [-0.25, -0.2) is 4.98 Å². The lowest BCUT2D eigenvalue weighted by Crippen LogP contribution is -2.23. The summed E-state index contributed by atoms with van der Waals surface area (Å²) in [6.45, 7) is 3.08. The van der Waals surface area contributed by atoms with Crippen LogP contribution in [0.25, 0.3) is 0 Å². The fraction of sp³-hybridized carbons (Fsp3) is 0.214. The number of nitrogens with zero attached hydrogens (tertiary/aromatic N) is 3. The second kappa shape index (κ2) is 6.53. The van der Waals surface area contributed by atoms with Gasteiger partial charge in [-0.1, -0.05) is 15.9 Å². The predicted octanol–water partition coefficient (Wildman–Crippen LogP) is 3.48. The number of nitro groups is 1. The third-order valence-electron chi connectivity index (χ3n) is 3.05. The Kier molecular flexibility index (Phi) is 4.74. The van der Waals surface area contributed by atoms with Crippen LogP contribution in [0.3, 0.4) is 0 Å². The first-order valence-corrected chi connectivity index (χ1v) is 7.13. The summed E-state index contributed by atoms with van der Waals surface area (Å²) in [4.78, 5) is 16.2. The van der Waals surface area contributed by atoms with Crippen molar-refractivity contribution in [3.8, 4) is 5.75 Å². The first-order valence-electron chi connectivity index (χ1n) is 6.34. The van der Waals surface area contributed by atoms with Crippen LogP contribution < -0.4 is 4.90 Å². The number of aromatic nitrogens is 1. The Balaban J connectivity index is 2.23. The van der Waals surface area contributed by atoms with E-state index in [1.165, 1.54) is 12.3 Å². The number of anilines is 1. The molecule has 0 fully saturated rings. The molecule has 2 rings (SSSR count). The summed E-state index contributed by atoms with van der Waals surface area (Å²) >= 11 is 3.37. The van der Waals surface area contributed by atoms with Crippen LogP contribution in [0.1, 0.15) is 12.5 Å². The van der Waals surface area contributed by atoms with Crippen molar-refractivity contribution in [1.29, 1.82) is 0 Å². The van der Waals surface area contributed by atoms with Gasteiger partial charge < -0.3 is 10.0 Å². The van der Waals surface area contributed by atoms with Crippen LogP contribution in [0.15, 0.2) is 41.0 Å². The summed E-state index contributed by atoms with van der Waals surface area (Å²) in [7, 11) is 0. The summed E-state index contributed by atoms with van der Waals surface area (Å²) in [6, 6.07) is 8.25. The summed E-state index contributed by atoms with van der Waals surface area (Å²) in [5.74, 6) is 0.834. The number of halogens is 1. The number of pyridine rings is 1. The number of hydrogen-bond acceptors (Lipinski definition) is 5. The quantitative estimate of drug-likeness (QED) is 0.658. The Labute approximate surface area is 130 Å². The SMILES string of the molecule is CCN(Cc1cc(Br)ccc1O)c1ccc([N+](=O)[O-])cn1. The van der Waals surface area contributed by atoms with Crippen molar-refractivity contribution in [2.75, 3.05) is 11.4 Å². The normalized spacial score (nSPS) is 10.4. The molecule has 110 valence electrons. The zero-order chi connectivity index (χ0) is 15.4. The number of hydrogen-bond donors (Lipinski definition) is 1. The molecule has 21 heavy (non-hydrogen) atoms. The number of rotatable bonds is 5. The molecular formula is C14H14BrN3O3. The topological polar surface area (TPSA) is 79.5 Å². The van der Waals surface area contributed by atoms with Gasteiger partial charge in [-0.15, -0.1) is 0 Å². The minimum atomic E-state index is -0.479. The average molecular weight is 352 g/mol. The van der Waals surface area contributed by atoms with E-state index in [-0.39, 0.29) is 11.4 Å². The largest absolute Gasteiger partial charge is 0.508 e. The molecule has 0 amide bonds. The molecule has 0 aliphatic carbocycles. The van der Waals surface area contributed by atoms with Crippen molar-refractivity contribution >= 4 is 27.4 Å². The number of phenols is 1. The number of phenolic OH excluding ortho intramolecular Hbond substituents is 1. The van der Waals surface area contributed by atoms with E-state index in [1.54, 1.807) is 18.2 Å². The maximum atomic E-state index is 10.6. The molecule has 7 heteroatoms. The fourth-order valence-electron chi connectivity index (χ4n) is 1.91. The van der Waals surface area contributed by atoms with E-state index < -0.39 is 4.92 Å². The van der Waals surface area contributed by atoms with E-state index in [2.05, 4.69) is 20.9 Å². The Morgan fingerprint density at radius 3 is 2.71 bits per heavy atom. The molecule has 1 aromatic heterocycles. The molecule has 0 saturated carbocycles. The van der Waals surface area contributed by atoms with E-state index in [0.29, 0.717) is 18.9 Å². The molecule has 0 unspecified atom stereocenters. The van der Waals surface area contributed by atoms with Crippen LogP contribution in [0.4, 0.5) is 11.5 Å². The van der Waals surface area contributed by atoms with E-state index in [0.717, 1.165) is 10.0 Å². The summed E-state index contributed by atoms with van der Waals surface area (Å²) in [6.07, 6.45) is 1.23. The zero-order valence-corrected chi connectivity index (χ0v) is 12.9. The van der Waals surface area contributed by atoms with Crippen LogP contribution in [-0.4, -0.2) is 21.6 Å². The van der Waals surface area contributed by atoms with Gasteiger partial charge in [0.05, 0.1) is 4.92 Å². The van der Waals surface area contributed by atoms with Gasteiger partial charge >= 0.3 is 0 Å². The maximum Gasteiger partial charge on any atom is 0.287 e. The van der Waals surface area contributed by atoms with Gasteiger partial charge in [0.2, 0.25) is 0 Å². The standard InChI is InChI=1S/C14H14BrN3O3/c1-2-17(9-10-7-11(15)3-5-13(10)19)14-6-4-12(8-16-14)18(20)21/h3-8,19H,2,9H2,1H3. The molecular weight excluding hydrogens is 338 g/mol. The molecule has 0 spiro atoms. The maximum absolute atomic E-state index is 10.6. The Hall–Kier alpha value is -2.15. The summed E-state index contributed by atoms with van der Waals surface area (Å²) in [5.41, 5.74) is 0.714. The zero-order valence-electron chi connectivity index (χ0n) is 11.4. The van der Waals surface area contributed by atoms with Crippen LogP contribution in [-0.2, 0) is 6.54 Å². The fourth-order valence-corrected chi connectivity index (χ4v) is 2.32. The lowest BCUT2D eigenvalue weighted by Gasteiger charge is -2.22. The average Bonchev–Trinajstić information content (AvgIpc) is 2.48. The lowest BCUT2D eigenvalue weighted by molar-refractivity contribution is -0.385. The van der Waals surface area contributed by atoms with Crippen molar-refractivity contribution in [2.24, 2.45) is 0 Å². The third kappa shape index (κ3) is 3.69. The van der Waals surface area contributed by atoms with Gasteiger partial charge in [0.1, 0.15) is 17.8 Å². The first-order chi connectivity index (χ1) is 10.0. The molecule has 1 heterocycles. The molecule has 2 aromatic rings. The molecule has 0 bridgehead atoms. The van der Waals surface area contributed by atoms with Gasteiger partial charge in [0.25, 0.3) is 5.69 Å². The lowest BCUT2D eigenvalue weighted by atomic mass is 10.2. The molecule has 1 N–H and O–H groups in total. The molecule has 6 nitrogen and oxygen atoms in total. The Bertz CT molecular complexity index is 646. The van der Waals surface area contributed by atoms with Gasteiger partial charge in [-0.05, 0) is 31.2 Å². The minimum absolute atomic E-state index is 0.0416. The summed E-state index contributed by atoms with van der Waals surface area (Å²) in [5, 5.41) is 20.5. The smallest absolute Gasteiger partial charge is 0.287 e. The highest BCUT2D eigenvalue weighted by atomic mass is 79.9. The van der Waals surface area contributed by atoms with Crippen LogP contribution in [0.2, 0.25) is 0 Å². The number of aromatic hydroxyl groups is 1. The van der Waals surface area contributed by atoms with Crippen molar-refractivity contribution in [1.82, 2.24) is 4.98 Å². The van der Waals surface area contributed by atoms with E-state index in [9.17, 15) is 15.2 Å². The third-order valence-corrected chi connectivity index (χ3v) is 3.54. The second-order valence-electron chi connectivity index (χ2n) is 4.42. The molecule has 1 aromatic carbocycles. The Morgan fingerprint density at radius 2 is 2.14 bits per heavy atom. The molecule has 0 aliphatic rings. The van der Waals surface area contributed by atoms with Crippen LogP contribution in [0, 0.1) is 10.1 Å². The van der Waals surface area contributed by atoms with Gasteiger partial charge in [0, 0.05) is 29.2 Å². The molecule has 0 aliphatic heterocycles. The monoisotopic (exact) mass is 351 g/mol. The molecule has 0 atom stereocenters. The second-order valence-corrected chi connectivity index (χ2v) is 5.33. The van der Waals surface area contributed by atoms with E-state index >= 15 is 0 Å². The van der Waals surface area contributed by atoms with Crippen molar-refractivity contribution in [3.63, 3.8) is 0 Å². The van der Waals surface area contributed by atoms with Crippen molar-refractivity contribution in [3.05, 3.63) is 56.7 Å². The van der Waals surface area contributed by atoms with Crippen LogP contribution >= 0.6 is 15.9 Å². The van der Waals surface area contributed by atoms with Crippen molar-refractivity contribution in [2.45, 2.75) is 13.5 Å². The van der Waals surface area contributed by atoms with E-state index in [1.807, 2.05) is 17.9 Å². The minimum Gasteiger partial charge on any atom is -0.508 e. The van der Waals surface area contributed by atoms with Crippen molar-refractivity contribution < 1.29 is 10.0 Å². The molecule has 0 radical (unpaired) electrons. The Morgan fingerprint density at radius 1 is 1.38 bits per heavy atom. The van der Waals surface area contributed by atoms with Crippen LogP contribution in [0.5, 0.6) is 5.75 Å². The van der Waals surface area contributed by atoms with Gasteiger partial charge in [-0.2, -0.15) is 0 Å². The summed E-state index contributed by atoms with van der Waals surface area (Å²) < 4.78 is 0.878. The highest BCUT2D eigenvalue weighted by Gasteiger charge is 2.12. The number of benzene rings is 1. The highest BCUT2D eigenvalue weighted by molar-refractivity contribution is 9.10.